The van der Waals surface area contributed by atoms with Crippen LogP contribution in [0.15, 0.2) is 66.7 Å². The van der Waals surface area contributed by atoms with E-state index in [9.17, 15) is 4.79 Å². The average molecular weight is 360 g/mol. The van der Waals surface area contributed by atoms with Crippen LogP contribution < -0.4 is 4.90 Å². The number of benzene rings is 3. The Bertz CT molecular complexity index is 855. The Morgan fingerprint density at radius 1 is 0.667 bits per heavy atom. The van der Waals surface area contributed by atoms with Crippen molar-refractivity contribution in [3.8, 4) is 0 Å². The number of anilines is 1. The van der Waals surface area contributed by atoms with Crippen molar-refractivity contribution in [3.63, 3.8) is 0 Å². The van der Waals surface area contributed by atoms with Crippen molar-refractivity contribution in [1.82, 2.24) is 0 Å². The summed E-state index contributed by atoms with van der Waals surface area (Å²) >= 11 is 0. The fourth-order valence-corrected chi connectivity index (χ4v) is 3.00. The van der Waals surface area contributed by atoms with Gasteiger partial charge in [-0.1, -0.05) is 60.7 Å². The number of nitrogens with zero attached hydrogens (tertiary/aromatic N) is 1. The van der Waals surface area contributed by atoms with Crippen molar-refractivity contribution >= 4 is 11.5 Å². The number of hydrogen-bond donors (Lipinski definition) is 0. The molecule has 2 nitrogen and oxygen atoms in total. The molecular weight excluding hydrogens is 330 g/mol. The van der Waals surface area contributed by atoms with Crippen molar-refractivity contribution < 1.29 is 4.79 Å². The fraction of sp³-hybridized carbons (Fsp3) is 0.240. The molecule has 0 aliphatic rings. The predicted octanol–water partition coefficient (Wildman–Crippen LogP) is 5.90. The first-order chi connectivity index (χ1) is 12.8. The highest BCUT2D eigenvalue weighted by molar-refractivity contribution is 6.08. The van der Waals surface area contributed by atoms with E-state index in [0.717, 1.165) is 11.1 Å². The average Bonchev–Trinajstić information content (AvgIpc) is 2.70. The zero-order valence-corrected chi connectivity index (χ0v) is 17.2. The summed E-state index contributed by atoms with van der Waals surface area (Å²) in [5.41, 5.74) is 8.42. The summed E-state index contributed by atoms with van der Waals surface area (Å²) in [5, 5.41) is 0. The molecule has 3 aromatic carbocycles. The summed E-state index contributed by atoms with van der Waals surface area (Å²) in [4.78, 5) is 14.0. The third-order valence-corrected chi connectivity index (χ3v) is 5.01. The van der Waals surface area contributed by atoms with Crippen LogP contribution in [-0.2, 0) is 0 Å². The highest BCUT2D eigenvalue weighted by Crippen LogP contribution is 2.26. The SMILES string of the molecule is Cc1cc(N(C)C)c(C)c(C)c1C.O=C(c1ccccc1)c1ccccc1. The molecule has 0 saturated heterocycles. The Kier molecular flexibility index (Phi) is 6.95. The minimum Gasteiger partial charge on any atom is -0.377 e. The van der Waals surface area contributed by atoms with Gasteiger partial charge < -0.3 is 4.90 Å². The molecule has 27 heavy (non-hydrogen) atoms. The van der Waals surface area contributed by atoms with Crippen molar-refractivity contribution in [2.24, 2.45) is 0 Å². The van der Waals surface area contributed by atoms with Crippen LogP contribution in [0.2, 0.25) is 0 Å². The summed E-state index contributed by atoms with van der Waals surface area (Å²) in [7, 11) is 4.19. The van der Waals surface area contributed by atoms with Crippen molar-refractivity contribution in [1.29, 1.82) is 0 Å². The molecule has 0 aromatic heterocycles. The van der Waals surface area contributed by atoms with Gasteiger partial charge in [-0.2, -0.15) is 0 Å². The summed E-state index contributed by atoms with van der Waals surface area (Å²) in [6.07, 6.45) is 0. The Hall–Kier alpha value is -2.87. The maximum Gasteiger partial charge on any atom is 0.193 e. The van der Waals surface area contributed by atoms with Gasteiger partial charge >= 0.3 is 0 Å². The molecule has 140 valence electrons. The molecule has 2 heteroatoms. The number of hydrogen-bond acceptors (Lipinski definition) is 2. The van der Waals surface area contributed by atoms with Crippen LogP contribution in [0.3, 0.4) is 0 Å². The zero-order chi connectivity index (χ0) is 20.0. The monoisotopic (exact) mass is 359 g/mol. The molecule has 3 aromatic rings. The Labute approximate surface area is 163 Å². The van der Waals surface area contributed by atoms with Crippen LogP contribution in [0.4, 0.5) is 5.69 Å². The van der Waals surface area contributed by atoms with Gasteiger partial charge in [0, 0.05) is 30.9 Å². The quantitative estimate of drug-likeness (QED) is 0.542. The Morgan fingerprint density at radius 2 is 1.11 bits per heavy atom. The molecule has 0 bridgehead atoms. The molecule has 0 heterocycles. The maximum absolute atomic E-state index is 11.8. The van der Waals surface area contributed by atoms with Gasteiger partial charge in [-0.25, -0.2) is 0 Å². The van der Waals surface area contributed by atoms with Gasteiger partial charge in [-0.05, 0) is 56.0 Å². The van der Waals surface area contributed by atoms with Crippen LogP contribution in [0, 0.1) is 27.7 Å². The van der Waals surface area contributed by atoms with E-state index >= 15 is 0 Å². The van der Waals surface area contributed by atoms with Gasteiger partial charge in [-0.3, -0.25) is 4.79 Å². The lowest BCUT2D eigenvalue weighted by atomic mass is 9.97. The summed E-state index contributed by atoms with van der Waals surface area (Å²) in [6.45, 7) is 8.76. The Morgan fingerprint density at radius 3 is 1.52 bits per heavy atom. The van der Waals surface area contributed by atoms with Crippen LogP contribution >= 0.6 is 0 Å². The van der Waals surface area contributed by atoms with E-state index in [-0.39, 0.29) is 5.78 Å². The minimum absolute atomic E-state index is 0.0752. The third kappa shape index (κ3) is 5.07. The van der Waals surface area contributed by atoms with Gasteiger partial charge in [0.25, 0.3) is 0 Å². The van der Waals surface area contributed by atoms with E-state index in [2.05, 4.69) is 52.8 Å². The summed E-state index contributed by atoms with van der Waals surface area (Å²) in [5.74, 6) is 0.0752. The lowest BCUT2D eigenvalue weighted by Gasteiger charge is -2.20. The zero-order valence-electron chi connectivity index (χ0n) is 17.2. The van der Waals surface area contributed by atoms with Crippen molar-refractivity contribution in [3.05, 3.63) is 100 Å². The van der Waals surface area contributed by atoms with E-state index in [4.69, 9.17) is 0 Å². The van der Waals surface area contributed by atoms with Crippen molar-refractivity contribution in [2.75, 3.05) is 19.0 Å². The fourth-order valence-electron chi connectivity index (χ4n) is 3.00. The van der Waals surface area contributed by atoms with Crippen molar-refractivity contribution in [2.45, 2.75) is 27.7 Å². The molecular formula is C25H29NO. The number of ketones is 1. The number of rotatable bonds is 3. The molecule has 0 radical (unpaired) electrons. The van der Waals surface area contributed by atoms with Gasteiger partial charge in [0.1, 0.15) is 0 Å². The topological polar surface area (TPSA) is 20.3 Å². The minimum atomic E-state index is 0.0752. The molecule has 0 saturated carbocycles. The standard InChI is InChI=1S/C13H10O.C12H19N/c14-13(11-7-3-1-4-8-11)12-9-5-2-6-10-12;1-8-7-12(13(5)6)11(4)10(3)9(8)2/h1-10H;7H,1-6H3. The maximum atomic E-state index is 11.8. The lowest BCUT2D eigenvalue weighted by molar-refractivity contribution is 0.103. The first-order valence-corrected chi connectivity index (χ1v) is 9.22. The second-order valence-electron chi connectivity index (χ2n) is 7.04. The number of carbonyl (C=O) groups excluding carboxylic acids is 1. The normalized spacial score (nSPS) is 10.0. The molecule has 0 aliphatic carbocycles. The largest absolute Gasteiger partial charge is 0.377 e. The predicted molar refractivity (Wildman–Crippen MR) is 116 cm³/mol. The van der Waals surface area contributed by atoms with Crippen LogP contribution in [0.5, 0.6) is 0 Å². The van der Waals surface area contributed by atoms with Gasteiger partial charge in [0.05, 0.1) is 0 Å². The molecule has 3 rings (SSSR count). The van der Waals surface area contributed by atoms with Gasteiger partial charge in [0.2, 0.25) is 0 Å². The van der Waals surface area contributed by atoms with E-state index in [1.165, 1.54) is 27.9 Å². The highest BCUT2D eigenvalue weighted by Gasteiger charge is 2.08. The molecule has 0 spiro atoms. The molecule has 0 fully saturated rings. The van der Waals surface area contributed by atoms with Crippen LogP contribution in [-0.4, -0.2) is 19.9 Å². The first kappa shape index (κ1) is 20.4. The summed E-state index contributed by atoms with van der Waals surface area (Å²) in [6, 6.07) is 20.9. The van der Waals surface area contributed by atoms with E-state index in [1.807, 2.05) is 60.7 Å². The van der Waals surface area contributed by atoms with Gasteiger partial charge in [0.15, 0.2) is 5.78 Å². The molecule has 0 unspecified atom stereocenters. The first-order valence-electron chi connectivity index (χ1n) is 9.22. The highest BCUT2D eigenvalue weighted by atomic mass is 16.1. The van der Waals surface area contributed by atoms with Gasteiger partial charge in [-0.15, -0.1) is 0 Å². The second-order valence-corrected chi connectivity index (χ2v) is 7.04. The summed E-state index contributed by atoms with van der Waals surface area (Å²) < 4.78 is 0. The smallest absolute Gasteiger partial charge is 0.193 e. The molecule has 0 aliphatic heterocycles. The van der Waals surface area contributed by atoms with Crippen LogP contribution in [0.1, 0.15) is 38.2 Å². The third-order valence-electron chi connectivity index (χ3n) is 5.01. The Balaban J connectivity index is 0.000000194. The van der Waals surface area contributed by atoms with E-state index in [0.29, 0.717) is 0 Å². The van der Waals surface area contributed by atoms with E-state index in [1.54, 1.807) is 0 Å². The molecule has 0 N–H and O–H groups in total. The number of carbonyl (C=O) groups is 1. The molecule has 0 atom stereocenters. The second kappa shape index (κ2) is 9.18. The van der Waals surface area contributed by atoms with Crippen LogP contribution in [0.25, 0.3) is 0 Å². The molecule has 0 amide bonds. The lowest BCUT2D eigenvalue weighted by Crippen LogP contribution is -2.11. The number of aryl methyl sites for hydroxylation is 1. The van der Waals surface area contributed by atoms with E-state index < -0.39 is 0 Å².